The van der Waals surface area contributed by atoms with Gasteiger partial charge in [-0.2, -0.15) is 0 Å². The maximum atomic E-state index is 9.73. The molecule has 0 bridgehead atoms. The summed E-state index contributed by atoms with van der Waals surface area (Å²) in [5, 5.41) is 9.73. The van der Waals surface area contributed by atoms with Crippen molar-refractivity contribution in [2.24, 2.45) is 0 Å². The lowest BCUT2D eigenvalue weighted by Crippen LogP contribution is -2.04. The van der Waals surface area contributed by atoms with E-state index in [1.807, 2.05) is 18.2 Å². The Morgan fingerprint density at radius 1 is 1.38 bits per heavy atom. The van der Waals surface area contributed by atoms with Crippen molar-refractivity contribution < 1.29 is 9.84 Å². The number of rotatable bonds is 4. The van der Waals surface area contributed by atoms with Gasteiger partial charge in [-0.3, -0.25) is 0 Å². The van der Waals surface area contributed by atoms with Gasteiger partial charge >= 0.3 is 0 Å². The van der Waals surface area contributed by atoms with Gasteiger partial charge in [0.05, 0.1) is 11.7 Å². The number of epoxide rings is 1. The van der Waals surface area contributed by atoms with E-state index in [4.69, 9.17) is 4.74 Å². The summed E-state index contributed by atoms with van der Waals surface area (Å²) < 4.78 is 5.56. The van der Waals surface area contributed by atoms with Gasteiger partial charge in [0.25, 0.3) is 0 Å². The molecule has 1 N–H and O–H groups in total. The van der Waals surface area contributed by atoms with E-state index < -0.39 is 0 Å². The van der Waals surface area contributed by atoms with Crippen molar-refractivity contribution in [1.29, 1.82) is 0 Å². The van der Waals surface area contributed by atoms with Crippen LogP contribution in [0.3, 0.4) is 0 Å². The maximum Gasteiger partial charge on any atom is 0.119 e. The molecule has 16 heavy (non-hydrogen) atoms. The van der Waals surface area contributed by atoms with Crippen molar-refractivity contribution in [3.8, 4) is 5.75 Å². The van der Waals surface area contributed by atoms with Crippen LogP contribution in [0.15, 0.2) is 24.3 Å². The first-order chi connectivity index (χ1) is 7.50. The first-order valence-corrected chi connectivity index (χ1v) is 5.96. The summed E-state index contributed by atoms with van der Waals surface area (Å²) in [5.74, 6) is 0.798. The molecule has 0 radical (unpaired) electrons. The third kappa shape index (κ3) is 2.38. The molecule has 88 valence electrons. The minimum absolute atomic E-state index is 0.0818. The molecule has 0 spiro atoms. The molecule has 1 aromatic rings. The van der Waals surface area contributed by atoms with Gasteiger partial charge in [0.2, 0.25) is 0 Å². The predicted molar refractivity (Wildman–Crippen MR) is 64.7 cm³/mol. The van der Waals surface area contributed by atoms with Crippen molar-refractivity contribution in [2.75, 3.05) is 0 Å². The van der Waals surface area contributed by atoms with E-state index >= 15 is 0 Å². The lowest BCUT2D eigenvalue weighted by Gasteiger charge is -2.12. The average Bonchev–Trinajstić information content (AvgIpc) is 2.84. The summed E-state index contributed by atoms with van der Waals surface area (Å²) in [7, 11) is 0. The van der Waals surface area contributed by atoms with Gasteiger partial charge in [-0.15, -0.1) is 0 Å². The van der Waals surface area contributed by atoms with Crippen molar-refractivity contribution in [3.05, 3.63) is 29.8 Å². The van der Waals surface area contributed by atoms with Crippen molar-refractivity contribution in [2.45, 2.75) is 51.2 Å². The number of ether oxygens (including phenoxy) is 1. The van der Waals surface area contributed by atoms with Crippen molar-refractivity contribution >= 4 is 0 Å². The topological polar surface area (TPSA) is 32.8 Å². The first kappa shape index (κ1) is 11.5. The molecule has 0 aromatic heterocycles. The van der Waals surface area contributed by atoms with Crippen LogP contribution in [0.5, 0.6) is 5.75 Å². The van der Waals surface area contributed by atoms with Crippen molar-refractivity contribution in [1.82, 2.24) is 0 Å². The lowest BCUT2D eigenvalue weighted by atomic mass is 9.93. The summed E-state index contributed by atoms with van der Waals surface area (Å²) >= 11 is 0. The predicted octanol–water partition coefficient (Wildman–Crippen LogP) is 3.45. The summed E-state index contributed by atoms with van der Waals surface area (Å²) in [4.78, 5) is 0. The molecule has 2 nitrogen and oxygen atoms in total. The van der Waals surface area contributed by atoms with Crippen LogP contribution in [-0.2, 0) is 4.74 Å². The molecule has 1 heterocycles. The molecule has 0 saturated carbocycles. The summed E-state index contributed by atoms with van der Waals surface area (Å²) in [6.07, 6.45) is 2.54. The summed E-state index contributed by atoms with van der Waals surface area (Å²) in [6.45, 7) is 6.41. The molecular weight excluding hydrogens is 200 g/mol. The number of para-hydroxylation sites is 1. The highest BCUT2D eigenvalue weighted by molar-refractivity contribution is 5.34. The number of hydrogen-bond donors (Lipinski definition) is 1. The fourth-order valence-electron chi connectivity index (χ4n) is 2.20. The Kier molecular flexibility index (Phi) is 2.94. The highest BCUT2D eigenvalue weighted by atomic mass is 16.6. The Labute approximate surface area is 97.3 Å². The molecule has 0 unspecified atom stereocenters. The smallest absolute Gasteiger partial charge is 0.119 e. The Morgan fingerprint density at radius 2 is 2.00 bits per heavy atom. The fourth-order valence-corrected chi connectivity index (χ4v) is 2.20. The van der Waals surface area contributed by atoms with E-state index in [0.29, 0.717) is 17.8 Å². The molecule has 0 aliphatic carbocycles. The van der Waals surface area contributed by atoms with Crippen LogP contribution in [0.25, 0.3) is 0 Å². The van der Waals surface area contributed by atoms with Gasteiger partial charge in [0.1, 0.15) is 5.75 Å². The maximum absolute atomic E-state index is 9.73. The number of phenolic OH excluding ortho intramolecular Hbond substituents is 1. The number of aromatic hydroxyl groups is 1. The molecule has 1 aromatic carbocycles. The Bertz CT molecular complexity index is 371. The normalized spacial score (nSPS) is 24.1. The molecule has 1 aliphatic heterocycles. The molecule has 1 fully saturated rings. The third-order valence-corrected chi connectivity index (χ3v) is 3.49. The third-order valence-electron chi connectivity index (χ3n) is 3.49. The van der Waals surface area contributed by atoms with Crippen LogP contribution < -0.4 is 0 Å². The van der Waals surface area contributed by atoms with Crippen LogP contribution in [0.1, 0.15) is 45.1 Å². The van der Waals surface area contributed by atoms with E-state index in [1.54, 1.807) is 6.07 Å². The average molecular weight is 220 g/mol. The van der Waals surface area contributed by atoms with Gasteiger partial charge in [-0.1, -0.05) is 25.1 Å². The minimum atomic E-state index is 0.0818. The summed E-state index contributed by atoms with van der Waals surface area (Å²) in [5.41, 5.74) is 1.12. The van der Waals surface area contributed by atoms with Crippen LogP contribution >= 0.6 is 0 Å². The largest absolute Gasteiger partial charge is 0.508 e. The first-order valence-electron chi connectivity index (χ1n) is 5.96. The Hall–Kier alpha value is -1.02. The lowest BCUT2D eigenvalue weighted by molar-refractivity contribution is 0.317. The SMILES string of the molecule is C[C@@H](CC[C@@H]1OC1(C)C)c1ccccc1O. The molecule has 0 amide bonds. The van der Waals surface area contributed by atoms with Gasteiger partial charge in [-0.25, -0.2) is 0 Å². The van der Waals surface area contributed by atoms with Gasteiger partial charge in [0, 0.05) is 0 Å². The van der Waals surface area contributed by atoms with E-state index in [-0.39, 0.29) is 5.60 Å². The molecule has 1 aliphatic rings. The zero-order valence-corrected chi connectivity index (χ0v) is 10.2. The Balaban J connectivity index is 1.89. The van der Waals surface area contributed by atoms with E-state index in [9.17, 15) is 5.11 Å². The highest BCUT2D eigenvalue weighted by Crippen LogP contribution is 2.40. The van der Waals surface area contributed by atoms with Gasteiger partial charge in [0.15, 0.2) is 0 Å². The second-order valence-corrected chi connectivity index (χ2v) is 5.25. The number of hydrogen-bond acceptors (Lipinski definition) is 2. The van der Waals surface area contributed by atoms with Crippen LogP contribution in [-0.4, -0.2) is 16.8 Å². The molecular formula is C14H20O2. The van der Waals surface area contributed by atoms with Gasteiger partial charge < -0.3 is 9.84 Å². The quantitative estimate of drug-likeness (QED) is 0.788. The standard InChI is InChI=1S/C14H20O2/c1-10(8-9-13-14(2,3)16-13)11-6-4-5-7-12(11)15/h4-7,10,13,15H,8-9H2,1-3H3/t10-,13-/m0/s1. The van der Waals surface area contributed by atoms with E-state index in [0.717, 1.165) is 18.4 Å². The van der Waals surface area contributed by atoms with Crippen molar-refractivity contribution in [3.63, 3.8) is 0 Å². The molecule has 1 saturated heterocycles. The molecule has 2 heteroatoms. The minimum Gasteiger partial charge on any atom is -0.508 e. The number of benzene rings is 1. The monoisotopic (exact) mass is 220 g/mol. The number of phenols is 1. The second-order valence-electron chi connectivity index (χ2n) is 5.25. The molecule has 2 rings (SSSR count). The van der Waals surface area contributed by atoms with Crippen LogP contribution in [0, 0.1) is 0 Å². The Morgan fingerprint density at radius 3 is 2.56 bits per heavy atom. The van der Waals surface area contributed by atoms with Gasteiger partial charge in [-0.05, 0) is 44.2 Å². The van der Waals surface area contributed by atoms with E-state index in [2.05, 4.69) is 20.8 Å². The zero-order chi connectivity index (χ0) is 11.8. The zero-order valence-electron chi connectivity index (χ0n) is 10.2. The van der Waals surface area contributed by atoms with E-state index in [1.165, 1.54) is 0 Å². The summed E-state index contributed by atoms with van der Waals surface area (Å²) in [6, 6.07) is 7.59. The van der Waals surface area contributed by atoms with Crippen LogP contribution in [0.4, 0.5) is 0 Å². The highest BCUT2D eigenvalue weighted by Gasteiger charge is 2.47. The molecule has 2 atom stereocenters. The fraction of sp³-hybridized carbons (Fsp3) is 0.571. The van der Waals surface area contributed by atoms with Crippen LogP contribution in [0.2, 0.25) is 0 Å². The second kappa shape index (κ2) is 4.10.